The molecule has 1 amide bonds. The number of aromatic nitrogens is 1. The van der Waals surface area contributed by atoms with Crippen molar-refractivity contribution in [2.75, 3.05) is 18.0 Å². The van der Waals surface area contributed by atoms with Gasteiger partial charge in [0.15, 0.2) is 6.20 Å². The Morgan fingerprint density at radius 3 is 2.69 bits per heavy atom. The zero-order chi connectivity index (χ0) is 11.5. The van der Waals surface area contributed by atoms with E-state index in [1.807, 2.05) is 12.3 Å². The Balaban J connectivity index is 2.25. The summed E-state index contributed by atoms with van der Waals surface area (Å²) in [5.74, 6) is -0.490. The number of hydroxylamine groups is 1. The normalized spacial score (nSPS) is 15.2. The molecule has 0 spiro atoms. The van der Waals surface area contributed by atoms with Crippen LogP contribution in [-0.2, 0) is 7.05 Å². The molecule has 1 fully saturated rings. The summed E-state index contributed by atoms with van der Waals surface area (Å²) in [5, 5.41) is 8.57. The van der Waals surface area contributed by atoms with Crippen molar-refractivity contribution in [2.45, 2.75) is 12.8 Å². The van der Waals surface area contributed by atoms with Crippen molar-refractivity contribution in [2.24, 2.45) is 7.05 Å². The molecular formula is C11H16N3O2+. The van der Waals surface area contributed by atoms with E-state index in [9.17, 15) is 4.79 Å². The highest BCUT2D eigenvalue weighted by Crippen LogP contribution is 2.18. The molecule has 2 rings (SSSR count). The van der Waals surface area contributed by atoms with Crippen LogP contribution in [-0.4, -0.2) is 24.2 Å². The molecule has 0 radical (unpaired) electrons. The number of rotatable bonds is 2. The van der Waals surface area contributed by atoms with Crippen LogP contribution in [0.3, 0.4) is 0 Å². The molecule has 2 heterocycles. The fourth-order valence-electron chi connectivity index (χ4n) is 2.05. The van der Waals surface area contributed by atoms with E-state index in [0.29, 0.717) is 5.69 Å². The van der Waals surface area contributed by atoms with Gasteiger partial charge in [-0.2, -0.15) is 4.57 Å². The second-order valence-corrected chi connectivity index (χ2v) is 4.02. The second kappa shape index (κ2) is 4.49. The zero-order valence-corrected chi connectivity index (χ0v) is 9.31. The number of carbonyl (C=O) groups is 1. The van der Waals surface area contributed by atoms with Gasteiger partial charge in [0.05, 0.1) is 0 Å². The van der Waals surface area contributed by atoms with E-state index in [2.05, 4.69) is 4.90 Å². The van der Waals surface area contributed by atoms with Crippen molar-refractivity contribution in [1.29, 1.82) is 0 Å². The van der Waals surface area contributed by atoms with Crippen molar-refractivity contribution >= 4 is 11.6 Å². The lowest BCUT2D eigenvalue weighted by Crippen LogP contribution is -2.40. The molecule has 0 saturated carbocycles. The lowest BCUT2D eigenvalue weighted by Gasteiger charge is -2.15. The first kappa shape index (κ1) is 10.9. The Hall–Kier alpha value is -1.62. The topological polar surface area (TPSA) is 56.5 Å². The van der Waals surface area contributed by atoms with Gasteiger partial charge >= 0.3 is 5.91 Å². The standard InChI is InChI=1S/C11H15N3O2/c1-13-8-9(14-6-2-3-7-14)4-5-10(13)11(15)12-16/h4-5,8H,2-3,6-7H2,1H3,(H-,12,15,16)/p+1. The van der Waals surface area contributed by atoms with Crippen LogP contribution < -0.4 is 14.9 Å². The third-order valence-electron chi connectivity index (χ3n) is 2.92. The molecule has 86 valence electrons. The average Bonchev–Trinajstić information content (AvgIpc) is 2.81. The van der Waals surface area contributed by atoms with Gasteiger partial charge in [-0.25, -0.2) is 5.48 Å². The zero-order valence-electron chi connectivity index (χ0n) is 9.31. The quantitative estimate of drug-likeness (QED) is 0.428. The Labute approximate surface area is 94.3 Å². The van der Waals surface area contributed by atoms with E-state index in [1.165, 1.54) is 12.8 Å². The number of pyridine rings is 1. The molecule has 5 heteroatoms. The highest BCUT2D eigenvalue weighted by atomic mass is 16.5. The number of nitrogens with zero attached hydrogens (tertiary/aromatic N) is 2. The number of carbonyl (C=O) groups excluding carboxylic acids is 1. The Kier molecular flexibility index (Phi) is 3.05. The van der Waals surface area contributed by atoms with Crippen LogP contribution in [0.1, 0.15) is 23.3 Å². The smallest absolute Gasteiger partial charge is 0.339 e. The van der Waals surface area contributed by atoms with E-state index >= 15 is 0 Å². The summed E-state index contributed by atoms with van der Waals surface area (Å²) >= 11 is 0. The number of amides is 1. The average molecular weight is 222 g/mol. The molecule has 1 aromatic rings. The second-order valence-electron chi connectivity index (χ2n) is 4.02. The van der Waals surface area contributed by atoms with Crippen LogP contribution in [0.5, 0.6) is 0 Å². The molecule has 1 aliphatic heterocycles. The number of hydrogen-bond donors (Lipinski definition) is 2. The van der Waals surface area contributed by atoms with Gasteiger partial charge in [-0.3, -0.25) is 10.0 Å². The van der Waals surface area contributed by atoms with Crippen molar-refractivity contribution in [3.63, 3.8) is 0 Å². The fraction of sp³-hybridized carbons (Fsp3) is 0.455. The molecule has 1 saturated heterocycles. The lowest BCUT2D eigenvalue weighted by atomic mass is 10.3. The van der Waals surface area contributed by atoms with E-state index < -0.39 is 5.91 Å². The lowest BCUT2D eigenvalue weighted by molar-refractivity contribution is -0.673. The number of hydrogen-bond acceptors (Lipinski definition) is 3. The third kappa shape index (κ3) is 1.99. The largest absolute Gasteiger partial charge is 0.367 e. The van der Waals surface area contributed by atoms with E-state index in [0.717, 1.165) is 18.8 Å². The highest BCUT2D eigenvalue weighted by molar-refractivity contribution is 5.90. The Morgan fingerprint density at radius 1 is 1.44 bits per heavy atom. The third-order valence-corrected chi connectivity index (χ3v) is 2.92. The van der Waals surface area contributed by atoms with Gasteiger partial charge in [0.1, 0.15) is 12.7 Å². The molecule has 2 N–H and O–H groups in total. The highest BCUT2D eigenvalue weighted by Gasteiger charge is 2.19. The summed E-state index contributed by atoms with van der Waals surface area (Å²) in [7, 11) is 1.80. The molecule has 1 aliphatic rings. The summed E-state index contributed by atoms with van der Waals surface area (Å²) in [6.45, 7) is 2.15. The molecule has 0 atom stereocenters. The molecule has 0 aliphatic carbocycles. The maximum absolute atomic E-state index is 11.3. The van der Waals surface area contributed by atoms with Crippen LogP contribution in [0.2, 0.25) is 0 Å². The monoisotopic (exact) mass is 222 g/mol. The predicted octanol–water partition coefficient (Wildman–Crippen LogP) is 0.230. The van der Waals surface area contributed by atoms with E-state index in [4.69, 9.17) is 5.21 Å². The summed E-state index contributed by atoms with van der Waals surface area (Å²) in [6, 6.07) is 3.63. The summed E-state index contributed by atoms with van der Waals surface area (Å²) < 4.78 is 1.72. The maximum atomic E-state index is 11.3. The van der Waals surface area contributed by atoms with Crippen LogP contribution in [0.25, 0.3) is 0 Å². The van der Waals surface area contributed by atoms with Crippen LogP contribution in [0, 0.1) is 0 Å². The first-order chi connectivity index (χ1) is 7.72. The first-order valence-electron chi connectivity index (χ1n) is 5.41. The molecule has 16 heavy (non-hydrogen) atoms. The summed E-state index contributed by atoms with van der Waals surface area (Å²) in [5.41, 5.74) is 3.19. The number of anilines is 1. The van der Waals surface area contributed by atoms with E-state index in [1.54, 1.807) is 23.2 Å². The van der Waals surface area contributed by atoms with Gasteiger partial charge in [0.2, 0.25) is 0 Å². The fourth-order valence-corrected chi connectivity index (χ4v) is 2.05. The van der Waals surface area contributed by atoms with Crippen molar-refractivity contribution < 1.29 is 14.6 Å². The van der Waals surface area contributed by atoms with Gasteiger partial charge < -0.3 is 4.90 Å². The number of nitrogens with one attached hydrogen (secondary N) is 1. The maximum Gasteiger partial charge on any atom is 0.339 e. The molecule has 0 aromatic carbocycles. The molecule has 0 unspecified atom stereocenters. The van der Waals surface area contributed by atoms with Crippen molar-refractivity contribution in [3.8, 4) is 0 Å². The van der Waals surface area contributed by atoms with Gasteiger partial charge in [-0.05, 0) is 18.9 Å². The van der Waals surface area contributed by atoms with Crippen LogP contribution >= 0.6 is 0 Å². The Bertz CT molecular complexity index is 400. The molecule has 5 nitrogen and oxygen atoms in total. The van der Waals surface area contributed by atoms with Crippen LogP contribution in [0.15, 0.2) is 18.3 Å². The Morgan fingerprint density at radius 2 is 2.12 bits per heavy atom. The summed E-state index contributed by atoms with van der Waals surface area (Å²) in [4.78, 5) is 13.6. The number of aryl methyl sites for hydroxylation is 1. The minimum Gasteiger partial charge on any atom is -0.367 e. The molecule has 1 aromatic heterocycles. The minimum atomic E-state index is -0.490. The van der Waals surface area contributed by atoms with Gasteiger partial charge in [-0.1, -0.05) is 0 Å². The summed E-state index contributed by atoms with van der Waals surface area (Å²) in [6.07, 6.45) is 4.36. The van der Waals surface area contributed by atoms with Gasteiger partial charge in [0, 0.05) is 19.2 Å². The van der Waals surface area contributed by atoms with E-state index in [-0.39, 0.29) is 0 Å². The van der Waals surface area contributed by atoms with Crippen LogP contribution in [0.4, 0.5) is 5.69 Å². The van der Waals surface area contributed by atoms with Gasteiger partial charge in [0.25, 0.3) is 5.69 Å². The molecular weight excluding hydrogens is 206 g/mol. The van der Waals surface area contributed by atoms with Crippen molar-refractivity contribution in [3.05, 3.63) is 24.0 Å². The van der Waals surface area contributed by atoms with Gasteiger partial charge in [-0.15, -0.1) is 0 Å². The SMILES string of the molecule is C[n+]1cc(N2CCCC2)ccc1C(=O)NO. The predicted molar refractivity (Wildman–Crippen MR) is 58.3 cm³/mol. The van der Waals surface area contributed by atoms with Crippen molar-refractivity contribution in [1.82, 2.24) is 5.48 Å². The molecule has 0 bridgehead atoms. The first-order valence-corrected chi connectivity index (χ1v) is 5.41. The minimum absolute atomic E-state index is 0.436.